The highest BCUT2D eigenvalue weighted by Gasteiger charge is 2.15. The van der Waals surface area contributed by atoms with Crippen LogP contribution in [0.5, 0.6) is 0 Å². The Morgan fingerprint density at radius 2 is 2.25 bits per heavy atom. The molecule has 8 heteroatoms. The summed E-state index contributed by atoms with van der Waals surface area (Å²) in [7, 11) is 0. The van der Waals surface area contributed by atoms with Crippen LogP contribution in [0.25, 0.3) is 16.0 Å². The lowest BCUT2D eigenvalue weighted by Gasteiger charge is -2.00. The van der Waals surface area contributed by atoms with Gasteiger partial charge in [-0.1, -0.05) is 6.92 Å². The van der Waals surface area contributed by atoms with Crippen LogP contribution in [0, 0.1) is 0 Å². The number of nitrogens with zero attached hydrogens (tertiary/aromatic N) is 4. The topological polar surface area (TPSA) is 113 Å². The number of carbonyl (C=O) groups excluding carboxylic acids is 1. The van der Waals surface area contributed by atoms with Crippen LogP contribution in [0.1, 0.15) is 22.3 Å². The molecule has 0 aliphatic carbocycles. The maximum Gasteiger partial charge on any atom is 0.271 e. The summed E-state index contributed by atoms with van der Waals surface area (Å²) >= 11 is 1.61. The maximum absolute atomic E-state index is 11.2. The van der Waals surface area contributed by atoms with Crippen LogP contribution in [0.15, 0.2) is 18.6 Å². The van der Waals surface area contributed by atoms with Gasteiger partial charge in [0.15, 0.2) is 11.5 Å². The van der Waals surface area contributed by atoms with Gasteiger partial charge in [-0.3, -0.25) is 4.79 Å². The monoisotopic (exact) mass is 288 g/mol. The number of fused-ring (bicyclic) bond motifs is 1. The van der Waals surface area contributed by atoms with Crippen LogP contribution >= 0.6 is 11.3 Å². The minimum absolute atomic E-state index is 0.0442. The SMILES string of the molecule is CCc1cc2c(-n3cc(N)c(C(N)=O)n3)ncnc2s1. The molecule has 0 aliphatic heterocycles. The smallest absolute Gasteiger partial charge is 0.271 e. The fraction of sp³-hybridized carbons (Fsp3) is 0.167. The first-order valence-electron chi connectivity index (χ1n) is 5.99. The molecule has 102 valence electrons. The normalized spacial score (nSPS) is 11.1. The zero-order valence-electron chi connectivity index (χ0n) is 10.7. The minimum atomic E-state index is -0.661. The van der Waals surface area contributed by atoms with E-state index in [1.165, 1.54) is 22.1 Å². The van der Waals surface area contributed by atoms with Gasteiger partial charge in [-0.05, 0) is 12.5 Å². The second kappa shape index (κ2) is 4.57. The van der Waals surface area contributed by atoms with E-state index in [0.717, 1.165) is 16.6 Å². The summed E-state index contributed by atoms with van der Waals surface area (Å²) in [5.74, 6) is -0.0729. The fourth-order valence-electron chi connectivity index (χ4n) is 1.94. The lowest BCUT2D eigenvalue weighted by Crippen LogP contribution is -2.14. The van der Waals surface area contributed by atoms with E-state index < -0.39 is 5.91 Å². The zero-order chi connectivity index (χ0) is 14.3. The van der Waals surface area contributed by atoms with Crippen LogP contribution in [-0.4, -0.2) is 25.7 Å². The van der Waals surface area contributed by atoms with Crippen LogP contribution in [0.2, 0.25) is 0 Å². The molecule has 3 aromatic heterocycles. The number of hydrogen-bond acceptors (Lipinski definition) is 6. The molecule has 0 bridgehead atoms. The molecule has 0 aliphatic rings. The summed E-state index contributed by atoms with van der Waals surface area (Å²) in [6.45, 7) is 2.08. The molecule has 4 N–H and O–H groups in total. The fourth-order valence-corrected chi connectivity index (χ4v) is 2.87. The molecule has 0 saturated heterocycles. The molecular formula is C12H12N6OS. The Hall–Kier alpha value is -2.48. The average Bonchev–Trinajstić information content (AvgIpc) is 3.00. The predicted octanol–water partition coefficient (Wildman–Crippen LogP) is 1.12. The average molecular weight is 288 g/mol. The standard InChI is InChI=1S/C12H12N6OS/c1-2-6-3-7-11(15-5-16-12(7)20-6)18-4-8(13)9(17-18)10(14)19/h3-5H,2,13H2,1H3,(H2,14,19). The van der Waals surface area contributed by atoms with Gasteiger partial charge in [0.1, 0.15) is 11.2 Å². The van der Waals surface area contributed by atoms with Gasteiger partial charge >= 0.3 is 0 Å². The number of primary amides is 1. The van der Waals surface area contributed by atoms with Gasteiger partial charge in [-0.25, -0.2) is 14.6 Å². The first-order chi connectivity index (χ1) is 9.60. The Kier molecular flexibility index (Phi) is 2.87. The highest BCUT2D eigenvalue weighted by molar-refractivity contribution is 7.18. The number of nitrogen functional groups attached to an aromatic ring is 1. The first-order valence-corrected chi connectivity index (χ1v) is 6.80. The van der Waals surface area contributed by atoms with Crippen molar-refractivity contribution >= 4 is 33.1 Å². The van der Waals surface area contributed by atoms with Crippen molar-refractivity contribution < 1.29 is 4.79 Å². The van der Waals surface area contributed by atoms with Crippen molar-refractivity contribution in [2.24, 2.45) is 5.73 Å². The molecule has 1 amide bonds. The Morgan fingerprint density at radius 3 is 2.90 bits per heavy atom. The third-order valence-electron chi connectivity index (χ3n) is 2.90. The van der Waals surface area contributed by atoms with Gasteiger partial charge in [-0.15, -0.1) is 11.3 Å². The van der Waals surface area contributed by atoms with Crippen molar-refractivity contribution in [2.75, 3.05) is 5.73 Å². The van der Waals surface area contributed by atoms with Gasteiger partial charge in [0.2, 0.25) is 0 Å². The summed E-state index contributed by atoms with van der Waals surface area (Å²) < 4.78 is 1.46. The van der Waals surface area contributed by atoms with E-state index >= 15 is 0 Å². The van der Waals surface area contributed by atoms with E-state index in [2.05, 4.69) is 22.0 Å². The maximum atomic E-state index is 11.2. The molecule has 0 atom stereocenters. The van der Waals surface area contributed by atoms with E-state index in [1.807, 2.05) is 6.07 Å². The quantitative estimate of drug-likeness (QED) is 0.749. The van der Waals surface area contributed by atoms with Crippen molar-refractivity contribution in [1.29, 1.82) is 0 Å². The molecule has 3 rings (SSSR count). The summed E-state index contributed by atoms with van der Waals surface area (Å²) in [5.41, 5.74) is 11.2. The number of amides is 1. The number of aromatic nitrogens is 4. The van der Waals surface area contributed by atoms with E-state index in [9.17, 15) is 4.79 Å². The Morgan fingerprint density at radius 1 is 1.45 bits per heavy atom. The third-order valence-corrected chi connectivity index (χ3v) is 4.09. The van der Waals surface area contributed by atoms with E-state index in [4.69, 9.17) is 11.5 Å². The predicted molar refractivity (Wildman–Crippen MR) is 76.8 cm³/mol. The third kappa shape index (κ3) is 1.90. The number of aryl methyl sites for hydroxylation is 1. The van der Waals surface area contributed by atoms with Crippen LogP contribution < -0.4 is 11.5 Å². The molecule has 3 heterocycles. The van der Waals surface area contributed by atoms with Gasteiger partial charge in [0, 0.05) is 4.88 Å². The van der Waals surface area contributed by atoms with Crippen molar-refractivity contribution in [3.05, 3.63) is 29.2 Å². The molecule has 3 aromatic rings. The molecule has 0 unspecified atom stereocenters. The molecule has 0 aromatic carbocycles. The van der Waals surface area contributed by atoms with Gasteiger partial charge < -0.3 is 11.5 Å². The molecular weight excluding hydrogens is 276 g/mol. The molecule has 20 heavy (non-hydrogen) atoms. The number of anilines is 1. The second-order valence-corrected chi connectivity index (χ2v) is 5.34. The van der Waals surface area contributed by atoms with E-state index in [0.29, 0.717) is 5.82 Å². The number of rotatable bonds is 3. The second-order valence-electron chi connectivity index (χ2n) is 4.22. The van der Waals surface area contributed by atoms with Gasteiger partial charge in [0.05, 0.1) is 17.3 Å². The Bertz CT molecular complexity index is 805. The van der Waals surface area contributed by atoms with Crippen molar-refractivity contribution in [1.82, 2.24) is 19.7 Å². The Labute approximate surface area is 118 Å². The van der Waals surface area contributed by atoms with Crippen LogP contribution in [0.4, 0.5) is 5.69 Å². The highest BCUT2D eigenvalue weighted by atomic mass is 32.1. The lowest BCUT2D eigenvalue weighted by molar-refractivity contribution is 0.0996. The van der Waals surface area contributed by atoms with Crippen LogP contribution in [0.3, 0.4) is 0 Å². The molecule has 0 saturated carbocycles. The summed E-state index contributed by atoms with van der Waals surface area (Å²) in [6, 6.07) is 2.02. The lowest BCUT2D eigenvalue weighted by atomic mass is 10.3. The summed E-state index contributed by atoms with van der Waals surface area (Å²) in [4.78, 5) is 21.8. The van der Waals surface area contributed by atoms with Crippen LogP contribution in [-0.2, 0) is 6.42 Å². The zero-order valence-corrected chi connectivity index (χ0v) is 11.5. The number of hydrogen-bond donors (Lipinski definition) is 2. The van der Waals surface area contributed by atoms with Gasteiger partial charge in [-0.2, -0.15) is 5.10 Å². The van der Waals surface area contributed by atoms with Gasteiger partial charge in [0.25, 0.3) is 5.91 Å². The van der Waals surface area contributed by atoms with E-state index in [1.54, 1.807) is 11.3 Å². The summed E-state index contributed by atoms with van der Waals surface area (Å²) in [5, 5.41) is 4.98. The molecule has 7 nitrogen and oxygen atoms in total. The van der Waals surface area contributed by atoms with E-state index in [-0.39, 0.29) is 11.4 Å². The largest absolute Gasteiger partial charge is 0.396 e. The molecule has 0 radical (unpaired) electrons. The summed E-state index contributed by atoms with van der Waals surface area (Å²) in [6.07, 6.45) is 3.93. The van der Waals surface area contributed by atoms with Crippen molar-refractivity contribution in [3.63, 3.8) is 0 Å². The minimum Gasteiger partial charge on any atom is -0.396 e. The number of thiophene rings is 1. The number of carbonyl (C=O) groups is 1. The number of nitrogens with two attached hydrogens (primary N) is 2. The van der Waals surface area contributed by atoms with Crippen molar-refractivity contribution in [2.45, 2.75) is 13.3 Å². The first kappa shape index (κ1) is 12.5. The highest BCUT2D eigenvalue weighted by Crippen LogP contribution is 2.28. The van der Waals surface area contributed by atoms with Crippen molar-refractivity contribution in [3.8, 4) is 5.82 Å². The molecule has 0 fully saturated rings. The Balaban J connectivity index is 2.21. The molecule has 0 spiro atoms.